The van der Waals surface area contributed by atoms with Crippen LogP contribution in [0.2, 0.25) is 0 Å². The molecule has 1 N–H and O–H groups in total. The Kier molecular flexibility index (Phi) is 10.5. The number of aliphatic hydroxyl groups excluding tert-OH is 1. The van der Waals surface area contributed by atoms with Gasteiger partial charge in [0.05, 0.1) is 0 Å². The molecule has 0 fully saturated rings. The van der Waals surface area contributed by atoms with E-state index in [4.69, 9.17) is 5.11 Å². The van der Waals surface area contributed by atoms with Crippen molar-refractivity contribution in [1.82, 2.24) is 0 Å². The van der Waals surface area contributed by atoms with Crippen molar-refractivity contribution in [3.63, 3.8) is 0 Å². The van der Waals surface area contributed by atoms with Crippen LogP contribution in [-0.4, -0.2) is 33.7 Å². The summed E-state index contributed by atoms with van der Waals surface area (Å²) < 4.78 is 0. The van der Waals surface area contributed by atoms with Crippen LogP contribution in [0.1, 0.15) is 19.3 Å². The van der Waals surface area contributed by atoms with E-state index in [2.05, 4.69) is 50.5 Å². The lowest BCUT2D eigenvalue weighted by Gasteiger charge is -2.23. The summed E-state index contributed by atoms with van der Waals surface area (Å²) in [5, 5.41) is 9.37. The van der Waals surface area contributed by atoms with Gasteiger partial charge in [0.15, 0.2) is 0 Å². The van der Waals surface area contributed by atoms with E-state index in [1.54, 1.807) is 0 Å². The van der Waals surface area contributed by atoms with Crippen molar-refractivity contribution in [2.24, 2.45) is 5.92 Å². The first-order chi connectivity index (χ1) is 6.65. The molecule has 0 rings (SSSR count). The number of thiol groups is 4. The van der Waals surface area contributed by atoms with Crippen LogP contribution in [0.3, 0.4) is 0 Å². The standard InChI is InChI=1S/C9H20OS4/c10-3-1-8(13)5-7(6-12)9(14)2-4-11/h7-14H,1-6H2. The summed E-state index contributed by atoms with van der Waals surface area (Å²) >= 11 is 17.5. The molecular formula is C9H20OS4. The molecule has 0 aliphatic carbocycles. The van der Waals surface area contributed by atoms with Gasteiger partial charge in [-0.1, -0.05) is 0 Å². The van der Waals surface area contributed by atoms with Gasteiger partial charge in [0.2, 0.25) is 0 Å². The second-order valence-electron chi connectivity index (χ2n) is 3.42. The van der Waals surface area contributed by atoms with Crippen molar-refractivity contribution < 1.29 is 5.11 Å². The van der Waals surface area contributed by atoms with Crippen LogP contribution in [-0.2, 0) is 0 Å². The second-order valence-corrected chi connectivity index (χ2v) is 5.63. The fourth-order valence-corrected chi connectivity index (χ4v) is 3.13. The Balaban J connectivity index is 3.87. The summed E-state index contributed by atoms with van der Waals surface area (Å²) in [6.45, 7) is 0.206. The predicted molar refractivity (Wildman–Crippen MR) is 77.7 cm³/mol. The Bertz CT molecular complexity index is 134. The zero-order valence-electron chi connectivity index (χ0n) is 8.21. The summed E-state index contributed by atoms with van der Waals surface area (Å²) in [5.74, 6) is 2.14. The third-order valence-electron chi connectivity index (χ3n) is 2.24. The molecule has 0 spiro atoms. The van der Waals surface area contributed by atoms with Gasteiger partial charge in [0, 0.05) is 17.1 Å². The largest absolute Gasteiger partial charge is 0.396 e. The molecule has 0 aromatic carbocycles. The average molecular weight is 273 g/mol. The molecule has 0 saturated carbocycles. The van der Waals surface area contributed by atoms with Gasteiger partial charge >= 0.3 is 0 Å². The Labute approximate surface area is 109 Å². The van der Waals surface area contributed by atoms with Crippen LogP contribution in [0.4, 0.5) is 0 Å². The third kappa shape index (κ3) is 6.77. The molecule has 3 atom stereocenters. The zero-order chi connectivity index (χ0) is 11.0. The maximum Gasteiger partial charge on any atom is 0.0441 e. The first-order valence-electron chi connectivity index (χ1n) is 4.84. The van der Waals surface area contributed by atoms with Crippen molar-refractivity contribution in [2.45, 2.75) is 29.8 Å². The lowest BCUT2D eigenvalue weighted by Crippen LogP contribution is -2.22. The van der Waals surface area contributed by atoms with E-state index in [0.29, 0.717) is 11.2 Å². The van der Waals surface area contributed by atoms with Gasteiger partial charge in [-0.15, -0.1) is 0 Å². The first kappa shape index (κ1) is 15.4. The molecule has 5 heteroatoms. The van der Waals surface area contributed by atoms with Crippen LogP contribution in [0.5, 0.6) is 0 Å². The topological polar surface area (TPSA) is 20.2 Å². The number of aliphatic hydroxyl groups is 1. The molecule has 0 amide bonds. The van der Waals surface area contributed by atoms with E-state index in [1.165, 1.54) is 0 Å². The smallest absolute Gasteiger partial charge is 0.0441 e. The highest BCUT2D eigenvalue weighted by Crippen LogP contribution is 2.24. The van der Waals surface area contributed by atoms with Gasteiger partial charge in [0.1, 0.15) is 0 Å². The van der Waals surface area contributed by atoms with E-state index in [0.717, 1.165) is 30.8 Å². The summed E-state index contributed by atoms with van der Waals surface area (Å²) in [5.41, 5.74) is 0. The minimum Gasteiger partial charge on any atom is -0.396 e. The molecule has 3 unspecified atom stereocenters. The highest BCUT2D eigenvalue weighted by molar-refractivity contribution is 7.82. The molecule has 0 aliphatic rings. The highest BCUT2D eigenvalue weighted by atomic mass is 32.1. The maximum atomic E-state index is 8.76. The molecule has 14 heavy (non-hydrogen) atoms. The van der Waals surface area contributed by atoms with Crippen LogP contribution in [0.15, 0.2) is 0 Å². The Morgan fingerprint density at radius 2 is 1.71 bits per heavy atom. The van der Waals surface area contributed by atoms with Gasteiger partial charge in [-0.3, -0.25) is 0 Å². The Morgan fingerprint density at radius 1 is 1.07 bits per heavy atom. The maximum absolute atomic E-state index is 8.76. The van der Waals surface area contributed by atoms with Crippen molar-refractivity contribution in [2.75, 3.05) is 18.1 Å². The number of rotatable bonds is 8. The van der Waals surface area contributed by atoms with Gasteiger partial charge in [0.25, 0.3) is 0 Å². The minimum atomic E-state index is 0.206. The minimum absolute atomic E-state index is 0.206. The molecule has 0 aromatic rings. The summed E-state index contributed by atoms with van der Waals surface area (Å²) in [4.78, 5) is 0. The molecule has 0 aliphatic heterocycles. The monoisotopic (exact) mass is 272 g/mol. The number of hydrogen-bond acceptors (Lipinski definition) is 5. The summed E-state index contributed by atoms with van der Waals surface area (Å²) in [7, 11) is 0. The molecule has 1 nitrogen and oxygen atoms in total. The highest BCUT2D eigenvalue weighted by Gasteiger charge is 2.19. The van der Waals surface area contributed by atoms with Gasteiger partial charge in [-0.25, -0.2) is 0 Å². The van der Waals surface area contributed by atoms with E-state index in [9.17, 15) is 0 Å². The van der Waals surface area contributed by atoms with Crippen molar-refractivity contribution in [3.05, 3.63) is 0 Å². The van der Waals surface area contributed by atoms with Crippen LogP contribution < -0.4 is 0 Å². The Hall–Kier alpha value is 1.36. The summed E-state index contributed by atoms with van der Waals surface area (Å²) in [6.07, 6.45) is 2.71. The molecular weight excluding hydrogens is 252 g/mol. The summed E-state index contributed by atoms with van der Waals surface area (Å²) in [6, 6.07) is 0. The van der Waals surface area contributed by atoms with E-state index >= 15 is 0 Å². The molecule has 86 valence electrons. The lowest BCUT2D eigenvalue weighted by molar-refractivity contribution is 0.281. The lowest BCUT2D eigenvalue weighted by atomic mass is 9.98. The average Bonchev–Trinajstić information content (AvgIpc) is 2.15. The van der Waals surface area contributed by atoms with Crippen molar-refractivity contribution in [3.8, 4) is 0 Å². The zero-order valence-corrected chi connectivity index (χ0v) is 11.8. The fourth-order valence-electron chi connectivity index (χ4n) is 1.34. The van der Waals surface area contributed by atoms with E-state index in [1.807, 2.05) is 0 Å². The van der Waals surface area contributed by atoms with Gasteiger partial charge in [-0.05, 0) is 36.7 Å². The molecule has 0 aromatic heterocycles. The second kappa shape index (κ2) is 9.58. The SMILES string of the molecule is OCCC(S)CC(CS)C(S)CCS. The van der Waals surface area contributed by atoms with Crippen LogP contribution in [0, 0.1) is 5.92 Å². The third-order valence-corrected chi connectivity index (χ3v) is 4.12. The molecule has 0 bridgehead atoms. The molecule has 0 radical (unpaired) electrons. The number of hydrogen-bond donors (Lipinski definition) is 5. The predicted octanol–water partition coefficient (Wildman–Crippen LogP) is 2.22. The molecule has 0 heterocycles. The Morgan fingerprint density at radius 3 is 2.14 bits per heavy atom. The van der Waals surface area contributed by atoms with Crippen LogP contribution in [0.25, 0.3) is 0 Å². The first-order valence-corrected chi connectivity index (χ1v) is 7.14. The molecule has 0 saturated heterocycles. The van der Waals surface area contributed by atoms with E-state index < -0.39 is 0 Å². The van der Waals surface area contributed by atoms with Crippen molar-refractivity contribution in [1.29, 1.82) is 0 Å². The van der Waals surface area contributed by atoms with Crippen LogP contribution >= 0.6 is 50.5 Å². The van der Waals surface area contributed by atoms with Gasteiger partial charge < -0.3 is 5.11 Å². The fraction of sp³-hybridized carbons (Fsp3) is 1.00. The van der Waals surface area contributed by atoms with Crippen molar-refractivity contribution >= 4 is 50.5 Å². The normalized spacial score (nSPS) is 17.8. The quantitative estimate of drug-likeness (QED) is 0.429. The van der Waals surface area contributed by atoms with E-state index in [-0.39, 0.29) is 11.9 Å². The van der Waals surface area contributed by atoms with Gasteiger partial charge in [-0.2, -0.15) is 50.5 Å².